The van der Waals surface area contributed by atoms with Gasteiger partial charge in [0.2, 0.25) is 0 Å². The van der Waals surface area contributed by atoms with Gasteiger partial charge in [-0.15, -0.1) is 0 Å². The summed E-state index contributed by atoms with van der Waals surface area (Å²) in [6, 6.07) is 8.89. The van der Waals surface area contributed by atoms with E-state index in [0.29, 0.717) is 17.7 Å². The summed E-state index contributed by atoms with van der Waals surface area (Å²) in [5.41, 5.74) is 0.507. The molecule has 0 fully saturated rings. The molecule has 0 unspecified atom stereocenters. The number of para-hydroxylation sites is 1. The standard InChI is InChI=1S/C12H14O3/c1-10(6-5-9-13)12(14)15-11-7-3-2-4-8-11/h2-4,6-8,13H,5,9H2,1H3. The smallest absolute Gasteiger partial charge is 0.338 e. The predicted molar refractivity (Wildman–Crippen MR) is 57.5 cm³/mol. The molecule has 1 aromatic carbocycles. The minimum atomic E-state index is -0.380. The molecule has 0 spiro atoms. The molecule has 1 rings (SSSR count). The maximum absolute atomic E-state index is 11.4. The van der Waals surface area contributed by atoms with E-state index in [1.54, 1.807) is 37.3 Å². The molecule has 0 heterocycles. The van der Waals surface area contributed by atoms with E-state index in [-0.39, 0.29) is 12.6 Å². The summed E-state index contributed by atoms with van der Waals surface area (Å²) in [6.45, 7) is 1.71. The Morgan fingerprint density at radius 3 is 2.67 bits per heavy atom. The van der Waals surface area contributed by atoms with Crippen LogP contribution in [0, 0.1) is 0 Å². The number of aliphatic hydroxyl groups excluding tert-OH is 1. The van der Waals surface area contributed by atoms with E-state index in [1.165, 1.54) is 0 Å². The highest BCUT2D eigenvalue weighted by molar-refractivity contribution is 5.89. The van der Waals surface area contributed by atoms with Gasteiger partial charge in [0.25, 0.3) is 0 Å². The Balaban J connectivity index is 2.56. The van der Waals surface area contributed by atoms with Gasteiger partial charge in [-0.3, -0.25) is 0 Å². The van der Waals surface area contributed by atoms with Crippen LogP contribution in [-0.2, 0) is 4.79 Å². The Bertz CT molecular complexity index is 341. The maximum atomic E-state index is 11.4. The van der Waals surface area contributed by atoms with Gasteiger partial charge in [-0.1, -0.05) is 24.3 Å². The van der Waals surface area contributed by atoms with Crippen LogP contribution in [-0.4, -0.2) is 17.7 Å². The highest BCUT2D eigenvalue weighted by Crippen LogP contribution is 2.10. The van der Waals surface area contributed by atoms with Crippen molar-refractivity contribution >= 4 is 5.97 Å². The van der Waals surface area contributed by atoms with Crippen LogP contribution in [0.15, 0.2) is 42.0 Å². The first-order valence-corrected chi connectivity index (χ1v) is 4.79. The van der Waals surface area contributed by atoms with Gasteiger partial charge in [0.15, 0.2) is 0 Å². The number of aliphatic hydroxyl groups is 1. The summed E-state index contributed by atoms with van der Waals surface area (Å²) in [7, 11) is 0. The van der Waals surface area contributed by atoms with Crippen molar-refractivity contribution in [2.75, 3.05) is 6.61 Å². The third-order valence-corrected chi connectivity index (χ3v) is 1.86. The first kappa shape index (κ1) is 11.5. The molecular weight excluding hydrogens is 192 g/mol. The monoisotopic (exact) mass is 206 g/mol. The Morgan fingerprint density at radius 2 is 2.07 bits per heavy atom. The van der Waals surface area contributed by atoms with Gasteiger partial charge in [0, 0.05) is 12.2 Å². The Labute approximate surface area is 89.0 Å². The molecule has 0 aromatic heterocycles. The molecule has 80 valence electrons. The van der Waals surface area contributed by atoms with Gasteiger partial charge >= 0.3 is 5.97 Å². The normalized spacial score (nSPS) is 11.2. The van der Waals surface area contributed by atoms with E-state index in [1.807, 2.05) is 6.07 Å². The van der Waals surface area contributed by atoms with Gasteiger partial charge in [-0.2, -0.15) is 0 Å². The molecule has 3 nitrogen and oxygen atoms in total. The van der Waals surface area contributed by atoms with Gasteiger partial charge in [-0.05, 0) is 25.5 Å². The quantitative estimate of drug-likeness (QED) is 0.465. The van der Waals surface area contributed by atoms with Gasteiger partial charge in [-0.25, -0.2) is 4.79 Å². The van der Waals surface area contributed by atoms with Crippen LogP contribution >= 0.6 is 0 Å². The van der Waals surface area contributed by atoms with Crippen molar-refractivity contribution in [3.8, 4) is 5.75 Å². The lowest BCUT2D eigenvalue weighted by Crippen LogP contribution is -2.09. The second-order valence-corrected chi connectivity index (χ2v) is 3.10. The predicted octanol–water partition coefficient (Wildman–Crippen LogP) is 1.92. The molecule has 0 saturated heterocycles. The fourth-order valence-electron chi connectivity index (χ4n) is 1.04. The zero-order valence-electron chi connectivity index (χ0n) is 8.64. The number of benzene rings is 1. The average molecular weight is 206 g/mol. The summed E-state index contributed by atoms with van der Waals surface area (Å²) >= 11 is 0. The lowest BCUT2D eigenvalue weighted by molar-refractivity contribution is -0.130. The molecule has 0 aliphatic rings. The van der Waals surface area contributed by atoms with E-state index in [9.17, 15) is 4.79 Å². The van der Waals surface area contributed by atoms with Crippen molar-refractivity contribution in [3.63, 3.8) is 0 Å². The van der Waals surface area contributed by atoms with E-state index < -0.39 is 0 Å². The van der Waals surface area contributed by atoms with Crippen LogP contribution < -0.4 is 4.74 Å². The number of carbonyl (C=O) groups excluding carboxylic acids is 1. The van der Waals surface area contributed by atoms with Crippen LogP contribution in [0.3, 0.4) is 0 Å². The molecule has 0 amide bonds. The summed E-state index contributed by atoms with van der Waals surface area (Å²) < 4.78 is 5.08. The van der Waals surface area contributed by atoms with Gasteiger partial charge in [0.1, 0.15) is 5.75 Å². The van der Waals surface area contributed by atoms with E-state index in [2.05, 4.69) is 0 Å². The SMILES string of the molecule is CC(=CCCO)C(=O)Oc1ccccc1. The average Bonchev–Trinajstić information content (AvgIpc) is 2.27. The van der Waals surface area contributed by atoms with Gasteiger partial charge < -0.3 is 9.84 Å². The largest absolute Gasteiger partial charge is 0.423 e. The number of rotatable bonds is 4. The van der Waals surface area contributed by atoms with E-state index in [4.69, 9.17) is 9.84 Å². The third-order valence-electron chi connectivity index (χ3n) is 1.86. The minimum Gasteiger partial charge on any atom is -0.423 e. The molecule has 0 saturated carbocycles. The molecule has 0 bridgehead atoms. The molecule has 3 heteroatoms. The van der Waals surface area contributed by atoms with Crippen molar-refractivity contribution in [1.82, 2.24) is 0 Å². The maximum Gasteiger partial charge on any atom is 0.338 e. The molecular formula is C12H14O3. The number of hydrogen-bond donors (Lipinski definition) is 1. The van der Waals surface area contributed by atoms with Crippen LogP contribution in [0.4, 0.5) is 0 Å². The minimum absolute atomic E-state index is 0.0377. The number of esters is 1. The molecule has 0 aliphatic heterocycles. The van der Waals surface area contributed by atoms with Crippen LogP contribution in [0.5, 0.6) is 5.75 Å². The Morgan fingerprint density at radius 1 is 1.40 bits per heavy atom. The molecule has 1 aromatic rings. The third kappa shape index (κ3) is 3.95. The van der Waals surface area contributed by atoms with Crippen LogP contribution in [0.25, 0.3) is 0 Å². The summed E-state index contributed by atoms with van der Waals surface area (Å²) in [4.78, 5) is 11.4. The van der Waals surface area contributed by atoms with Gasteiger partial charge in [0.05, 0.1) is 0 Å². The highest BCUT2D eigenvalue weighted by atomic mass is 16.5. The van der Waals surface area contributed by atoms with Crippen molar-refractivity contribution in [1.29, 1.82) is 0 Å². The topological polar surface area (TPSA) is 46.5 Å². The van der Waals surface area contributed by atoms with Crippen molar-refractivity contribution in [2.45, 2.75) is 13.3 Å². The Hall–Kier alpha value is -1.61. The van der Waals surface area contributed by atoms with Crippen molar-refractivity contribution in [2.24, 2.45) is 0 Å². The zero-order valence-corrected chi connectivity index (χ0v) is 8.64. The molecule has 0 atom stereocenters. The second-order valence-electron chi connectivity index (χ2n) is 3.10. The molecule has 15 heavy (non-hydrogen) atoms. The summed E-state index contributed by atoms with van der Waals surface area (Å²) in [5, 5.41) is 8.59. The summed E-state index contributed by atoms with van der Waals surface area (Å²) in [5.74, 6) is 0.147. The number of hydrogen-bond acceptors (Lipinski definition) is 3. The molecule has 0 radical (unpaired) electrons. The lowest BCUT2D eigenvalue weighted by Gasteiger charge is -2.03. The molecule has 0 aliphatic carbocycles. The second kappa shape index (κ2) is 5.98. The van der Waals surface area contributed by atoms with E-state index >= 15 is 0 Å². The fraction of sp³-hybridized carbons (Fsp3) is 0.250. The van der Waals surface area contributed by atoms with Crippen molar-refractivity contribution in [3.05, 3.63) is 42.0 Å². The first-order valence-electron chi connectivity index (χ1n) is 4.79. The van der Waals surface area contributed by atoms with E-state index in [0.717, 1.165) is 0 Å². The zero-order chi connectivity index (χ0) is 11.1. The summed E-state index contributed by atoms with van der Waals surface area (Å²) in [6.07, 6.45) is 2.13. The van der Waals surface area contributed by atoms with Crippen LogP contribution in [0.1, 0.15) is 13.3 Å². The number of carbonyl (C=O) groups is 1. The first-order chi connectivity index (χ1) is 7.24. The highest BCUT2D eigenvalue weighted by Gasteiger charge is 2.05. The van der Waals surface area contributed by atoms with Crippen LogP contribution in [0.2, 0.25) is 0 Å². The fourth-order valence-corrected chi connectivity index (χ4v) is 1.04. The Kier molecular flexibility index (Phi) is 4.57. The number of ether oxygens (including phenoxy) is 1. The van der Waals surface area contributed by atoms with Crippen molar-refractivity contribution < 1.29 is 14.6 Å². The lowest BCUT2D eigenvalue weighted by atomic mass is 10.2. The molecule has 1 N–H and O–H groups in total.